The third-order valence-corrected chi connectivity index (χ3v) is 3.03. The molecule has 1 aromatic carbocycles. The number of nitrogens with one attached hydrogen (secondary N) is 1. The molecule has 0 amide bonds. The van der Waals surface area contributed by atoms with Crippen LogP contribution in [-0.4, -0.2) is 16.5 Å². The lowest BCUT2D eigenvalue weighted by molar-refractivity contribution is 0.723. The van der Waals surface area contributed by atoms with E-state index < -0.39 is 0 Å². The fourth-order valence-corrected chi connectivity index (χ4v) is 2.20. The van der Waals surface area contributed by atoms with Gasteiger partial charge in [-0.15, -0.1) is 0 Å². The SMILES string of the molecule is Cc1cc(C)cc(-c2cnc(CCCCN)[nH]2)c1. The van der Waals surface area contributed by atoms with Crippen LogP contribution in [0.4, 0.5) is 0 Å². The molecule has 3 heteroatoms. The Hall–Kier alpha value is -1.61. The minimum absolute atomic E-state index is 0.755. The summed E-state index contributed by atoms with van der Waals surface area (Å²) in [5.74, 6) is 1.05. The second-order valence-electron chi connectivity index (χ2n) is 4.87. The van der Waals surface area contributed by atoms with Gasteiger partial charge in [0.1, 0.15) is 5.82 Å². The van der Waals surface area contributed by atoms with Crippen molar-refractivity contribution in [3.8, 4) is 11.3 Å². The van der Waals surface area contributed by atoms with Crippen molar-refractivity contribution in [3.63, 3.8) is 0 Å². The van der Waals surface area contributed by atoms with E-state index in [2.05, 4.69) is 42.0 Å². The molecule has 0 saturated carbocycles. The highest BCUT2D eigenvalue weighted by molar-refractivity contribution is 5.60. The molecule has 0 radical (unpaired) electrons. The highest BCUT2D eigenvalue weighted by atomic mass is 14.9. The van der Waals surface area contributed by atoms with Gasteiger partial charge in [0, 0.05) is 12.0 Å². The summed E-state index contributed by atoms with van der Waals surface area (Å²) in [4.78, 5) is 7.82. The van der Waals surface area contributed by atoms with Crippen LogP contribution < -0.4 is 5.73 Å². The van der Waals surface area contributed by atoms with E-state index in [-0.39, 0.29) is 0 Å². The van der Waals surface area contributed by atoms with Gasteiger partial charge < -0.3 is 10.7 Å². The molecule has 0 aliphatic heterocycles. The fourth-order valence-electron chi connectivity index (χ4n) is 2.20. The van der Waals surface area contributed by atoms with Gasteiger partial charge in [-0.3, -0.25) is 0 Å². The highest BCUT2D eigenvalue weighted by Gasteiger charge is 2.04. The zero-order chi connectivity index (χ0) is 13.0. The molecule has 0 bridgehead atoms. The minimum atomic E-state index is 0.755. The number of hydrogen-bond donors (Lipinski definition) is 2. The van der Waals surface area contributed by atoms with Crippen LogP contribution in [0.1, 0.15) is 29.8 Å². The van der Waals surface area contributed by atoms with Crippen LogP contribution in [0.3, 0.4) is 0 Å². The number of H-pyrrole nitrogens is 1. The number of nitrogens with two attached hydrogens (primary N) is 1. The van der Waals surface area contributed by atoms with Crippen LogP contribution in [0, 0.1) is 13.8 Å². The summed E-state index contributed by atoms with van der Waals surface area (Å²) in [7, 11) is 0. The number of aromatic nitrogens is 2. The van der Waals surface area contributed by atoms with Crippen molar-refractivity contribution in [2.75, 3.05) is 6.54 Å². The lowest BCUT2D eigenvalue weighted by atomic mass is 10.1. The van der Waals surface area contributed by atoms with Crippen molar-refractivity contribution < 1.29 is 0 Å². The minimum Gasteiger partial charge on any atom is -0.342 e. The smallest absolute Gasteiger partial charge is 0.106 e. The number of hydrogen-bond acceptors (Lipinski definition) is 2. The Labute approximate surface area is 108 Å². The predicted molar refractivity (Wildman–Crippen MR) is 75.5 cm³/mol. The van der Waals surface area contributed by atoms with E-state index in [9.17, 15) is 0 Å². The number of benzene rings is 1. The lowest BCUT2D eigenvalue weighted by Gasteiger charge is -2.02. The van der Waals surface area contributed by atoms with Crippen molar-refractivity contribution in [3.05, 3.63) is 41.3 Å². The maximum absolute atomic E-state index is 5.49. The fraction of sp³-hybridized carbons (Fsp3) is 0.400. The van der Waals surface area contributed by atoms with E-state index in [1.54, 1.807) is 0 Å². The van der Waals surface area contributed by atoms with Crippen LogP contribution in [-0.2, 0) is 6.42 Å². The maximum Gasteiger partial charge on any atom is 0.106 e. The topological polar surface area (TPSA) is 54.7 Å². The monoisotopic (exact) mass is 243 g/mol. The Morgan fingerprint density at radius 2 is 1.83 bits per heavy atom. The van der Waals surface area contributed by atoms with Gasteiger partial charge in [-0.05, 0) is 45.4 Å². The molecule has 0 atom stereocenters. The van der Waals surface area contributed by atoms with Crippen LogP contribution in [0.2, 0.25) is 0 Å². The first kappa shape index (κ1) is 12.8. The quantitative estimate of drug-likeness (QED) is 0.793. The third kappa shape index (κ3) is 3.20. The molecule has 0 spiro atoms. The zero-order valence-electron chi connectivity index (χ0n) is 11.2. The zero-order valence-corrected chi connectivity index (χ0v) is 11.2. The van der Waals surface area contributed by atoms with E-state index in [0.29, 0.717) is 0 Å². The lowest BCUT2D eigenvalue weighted by Crippen LogP contribution is -1.99. The average Bonchev–Trinajstić information content (AvgIpc) is 2.77. The molecule has 0 saturated heterocycles. The van der Waals surface area contributed by atoms with Gasteiger partial charge in [0.05, 0.1) is 11.9 Å². The molecule has 96 valence electrons. The molecule has 0 aliphatic carbocycles. The summed E-state index contributed by atoms with van der Waals surface area (Å²) >= 11 is 0. The number of unbranched alkanes of at least 4 members (excludes halogenated alkanes) is 1. The largest absolute Gasteiger partial charge is 0.342 e. The van der Waals surface area contributed by atoms with E-state index in [4.69, 9.17) is 5.73 Å². The van der Waals surface area contributed by atoms with Gasteiger partial charge in [-0.2, -0.15) is 0 Å². The second kappa shape index (κ2) is 5.83. The van der Waals surface area contributed by atoms with Crippen molar-refractivity contribution in [2.24, 2.45) is 5.73 Å². The molecular formula is C15H21N3. The maximum atomic E-state index is 5.49. The summed E-state index contributed by atoms with van der Waals surface area (Å²) in [6.45, 7) is 4.99. The number of aromatic amines is 1. The van der Waals surface area contributed by atoms with E-state index in [1.807, 2.05) is 6.20 Å². The summed E-state index contributed by atoms with van der Waals surface area (Å²) < 4.78 is 0. The van der Waals surface area contributed by atoms with Gasteiger partial charge in [0.2, 0.25) is 0 Å². The number of rotatable bonds is 5. The first-order chi connectivity index (χ1) is 8.69. The van der Waals surface area contributed by atoms with E-state index >= 15 is 0 Å². The first-order valence-electron chi connectivity index (χ1n) is 6.51. The van der Waals surface area contributed by atoms with Crippen LogP contribution in [0.5, 0.6) is 0 Å². The van der Waals surface area contributed by atoms with Gasteiger partial charge in [0.15, 0.2) is 0 Å². The summed E-state index contributed by atoms with van der Waals surface area (Å²) in [6, 6.07) is 6.55. The Bertz CT molecular complexity index is 494. The number of imidazole rings is 1. The Morgan fingerprint density at radius 1 is 1.11 bits per heavy atom. The molecule has 0 unspecified atom stereocenters. The van der Waals surface area contributed by atoms with Crippen molar-refractivity contribution >= 4 is 0 Å². The molecule has 18 heavy (non-hydrogen) atoms. The van der Waals surface area contributed by atoms with Crippen LogP contribution >= 0.6 is 0 Å². The number of nitrogens with zero attached hydrogens (tertiary/aromatic N) is 1. The molecule has 0 fully saturated rings. The molecule has 3 nitrogen and oxygen atoms in total. The Kier molecular flexibility index (Phi) is 4.15. The number of aryl methyl sites for hydroxylation is 3. The second-order valence-corrected chi connectivity index (χ2v) is 4.87. The van der Waals surface area contributed by atoms with Gasteiger partial charge >= 0.3 is 0 Å². The van der Waals surface area contributed by atoms with Crippen molar-refractivity contribution in [1.82, 2.24) is 9.97 Å². The van der Waals surface area contributed by atoms with Gasteiger partial charge in [0.25, 0.3) is 0 Å². The van der Waals surface area contributed by atoms with Crippen LogP contribution in [0.25, 0.3) is 11.3 Å². The molecular weight excluding hydrogens is 222 g/mol. The van der Waals surface area contributed by atoms with E-state index in [1.165, 1.54) is 16.7 Å². The average molecular weight is 243 g/mol. The van der Waals surface area contributed by atoms with E-state index in [0.717, 1.165) is 37.3 Å². The van der Waals surface area contributed by atoms with Crippen molar-refractivity contribution in [1.29, 1.82) is 0 Å². The Balaban J connectivity index is 2.13. The normalized spacial score (nSPS) is 10.8. The van der Waals surface area contributed by atoms with Gasteiger partial charge in [-0.1, -0.05) is 17.2 Å². The summed E-state index contributed by atoms with van der Waals surface area (Å²) in [5.41, 5.74) is 10.4. The van der Waals surface area contributed by atoms with Crippen molar-refractivity contribution in [2.45, 2.75) is 33.1 Å². The molecule has 1 heterocycles. The summed E-state index contributed by atoms with van der Waals surface area (Å²) in [6.07, 6.45) is 5.05. The molecule has 0 aliphatic rings. The molecule has 3 N–H and O–H groups in total. The molecule has 1 aromatic heterocycles. The summed E-state index contributed by atoms with van der Waals surface area (Å²) in [5, 5.41) is 0. The Morgan fingerprint density at radius 3 is 2.50 bits per heavy atom. The molecule has 2 aromatic rings. The molecule has 2 rings (SSSR count). The predicted octanol–water partition coefficient (Wildman–Crippen LogP) is 2.97. The third-order valence-electron chi connectivity index (χ3n) is 3.03. The standard InChI is InChI=1S/C15H21N3/c1-11-7-12(2)9-13(8-11)14-10-17-15(18-14)5-3-4-6-16/h7-10H,3-6,16H2,1-2H3,(H,17,18). The van der Waals surface area contributed by atoms with Gasteiger partial charge in [-0.25, -0.2) is 4.98 Å². The van der Waals surface area contributed by atoms with Crippen LogP contribution in [0.15, 0.2) is 24.4 Å². The first-order valence-corrected chi connectivity index (χ1v) is 6.51. The highest BCUT2D eigenvalue weighted by Crippen LogP contribution is 2.20.